The van der Waals surface area contributed by atoms with E-state index in [1.54, 1.807) is 5.43 Å². The molecule has 0 aliphatic heterocycles. The summed E-state index contributed by atoms with van der Waals surface area (Å²) in [5.74, 6) is -5.15. The first-order valence-corrected chi connectivity index (χ1v) is 7.15. The third kappa shape index (κ3) is 8.22. The topological polar surface area (TPSA) is 240 Å². The summed E-state index contributed by atoms with van der Waals surface area (Å²) in [6.45, 7) is 0.386. The number of nitrogens with one attached hydrogen (secondary N) is 4. The monoisotopic (exact) mass is 379 g/mol. The van der Waals surface area contributed by atoms with Crippen molar-refractivity contribution in [2.45, 2.75) is 37.6 Å². The quantitative estimate of drug-likeness (QED) is 0.174. The van der Waals surface area contributed by atoms with Crippen molar-refractivity contribution in [2.75, 3.05) is 6.61 Å². The van der Waals surface area contributed by atoms with Crippen molar-refractivity contribution in [3.05, 3.63) is 0 Å². The van der Waals surface area contributed by atoms with Crippen LogP contribution in [-0.2, 0) is 19.2 Å². The first-order chi connectivity index (χ1) is 12.0. The molecule has 14 nitrogen and oxygen atoms in total. The second kappa shape index (κ2) is 10.8. The molecule has 0 aromatic carbocycles. The molecule has 0 heterocycles. The van der Waals surface area contributed by atoms with Crippen molar-refractivity contribution in [1.29, 1.82) is 0 Å². The molecule has 0 aliphatic rings. The van der Waals surface area contributed by atoms with Gasteiger partial charge in [-0.05, 0) is 6.92 Å². The van der Waals surface area contributed by atoms with Gasteiger partial charge in [0, 0.05) is 0 Å². The number of carbonyl (C=O) groups is 5. The molecular formula is C12H21N5O9. The molecule has 0 fully saturated rings. The Bertz CT molecular complexity index is 553. The SMILES string of the molecule is CC(O)[C@H](NC(=O)N[C@@H](CC(=O)O)C(=O)NNC(=O)[C@@H](N)CO)C(=O)O. The molecule has 0 spiro atoms. The van der Waals surface area contributed by atoms with E-state index in [0.717, 1.165) is 6.92 Å². The summed E-state index contributed by atoms with van der Waals surface area (Å²) in [6, 6.07) is -5.97. The van der Waals surface area contributed by atoms with Gasteiger partial charge in [0.05, 0.1) is 19.1 Å². The number of amides is 4. The summed E-state index contributed by atoms with van der Waals surface area (Å²) in [6.07, 6.45) is -2.36. The van der Waals surface area contributed by atoms with Crippen LogP contribution >= 0.6 is 0 Å². The summed E-state index contributed by atoms with van der Waals surface area (Å²) in [4.78, 5) is 56.6. The number of carbonyl (C=O) groups excluding carboxylic acids is 3. The molecule has 0 saturated heterocycles. The van der Waals surface area contributed by atoms with Crippen molar-refractivity contribution in [3.8, 4) is 0 Å². The molecule has 1 unspecified atom stereocenters. The number of hydrogen-bond acceptors (Lipinski definition) is 8. The molecular weight excluding hydrogens is 358 g/mol. The number of carboxylic acids is 2. The summed E-state index contributed by atoms with van der Waals surface area (Å²) in [7, 11) is 0. The fourth-order valence-corrected chi connectivity index (χ4v) is 1.50. The van der Waals surface area contributed by atoms with Crippen LogP contribution in [0.25, 0.3) is 0 Å². The minimum atomic E-state index is -1.70. The Morgan fingerprint density at radius 1 is 1.00 bits per heavy atom. The molecule has 10 N–H and O–H groups in total. The van der Waals surface area contributed by atoms with E-state index in [-0.39, 0.29) is 0 Å². The molecule has 0 aliphatic carbocycles. The van der Waals surface area contributed by atoms with Crippen LogP contribution in [0.5, 0.6) is 0 Å². The van der Waals surface area contributed by atoms with Gasteiger partial charge in [0.25, 0.3) is 11.8 Å². The molecule has 4 amide bonds. The highest BCUT2D eigenvalue weighted by molar-refractivity contribution is 5.92. The van der Waals surface area contributed by atoms with Crippen LogP contribution in [0.3, 0.4) is 0 Å². The van der Waals surface area contributed by atoms with E-state index >= 15 is 0 Å². The van der Waals surface area contributed by atoms with Gasteiger partial charge in [0.2, 0.25) is 0 Å². The van der Waals surface area contributed by atoms with Crippen LogP contribution in [0.4, 0.5) is 4.79 Å². The van der Waals surface area contributed by atoms with Crippen LogP contribution in [0.2, 0.25) is 0 Å². The third-order valence-corrected chi connectivity index (χ3v) is 2.88. The highest BCUT2D eigenvalue weighted by Gasteiger charge is 2.29. The molecule has 26 heavy (non-hydrogen) atoms. The number of carboxylic acid groups (broad SMARTS) is 2. The molecule has 0 aromatic rings. The number of aliphatic carboxylic acids is 2. The summed E-state index contributed by atoms with van der Waals surface area (Å²) in [5, 5.41) is 39.3. The zero-order valence-electron chi connectivity index (χ0n) is 13.6. The van der Waals surface area contributed by atoms with E-state index in [0.29, 0.717) is 0 Å². The highest BCUT2D eigenvalue weighted by Crippen LogP contribution is 1.96. The molecule has 0 saturated carbocycles. The summed E-state index contributed by atoms with van der Waals surface area (Å²) >= 11 is 0. The Kier molecular flexibility index (Phi) is 9.57. The van der Waals surface area contributed by atoms with Gasteiger partial charge in [-0.2, -0.15) is 0 Å². The second-order valence-corrected chi connectivity index (χ2v) is 5.09. The zero-order chi connectivity index (χ0) is 20.4. The number of aliphatic hydroxyl groups excluding tert-OH is 2. The van der Waals surface area contributed by atoms with Crippen LogP contribution in [0.1, 0.15) is 13.3 Å². The largest absolute Gasteiger partial charge is 0.481 e. The van der Waals surface area contributed by atoms with Gasteiger partial charge in [0.15, 0.2) is 6.04 Å². The molecule has 14 heteroatoms. The Morgan fingerprint density at radius 3 is 1.96 bits per heavy atom. The zero-order valence-corrected chi connectivity index (χ0v) is 13.6. The van der Waals surface area contributed by atoms with Gasteiger partial charge in [-0.3, -0.25) is 25.2 Å². The molecule has 148 valence electrons. The van der Waals surface area contributed by atoms with Crippen molar-refractivity contribution in [1.82, 2.24) is 21.5 Å². The predicted molar refractivity (Wildman–Crippen MR) is 82.2 cm³/mol. The first kappa shape index (κ1) is 23.0. The molecule has 0 radical (unpaired) electrons. The second-order valence-electron chi connectivity index (χ2n) is 5.09. The maximum absolute atomic E-state index is 11.9. The van der Waals surface area contributed by atoms with E-state index in [2.05, 4.69) is 0 Å². The maximum atomic E-state index is 11.9. The van der Waals surface area contributed by atoms with E-state index in [9.17, 15) is 29.1 Å². The fourth-order valence-electron chi connectivity index (χ4n) is 1.50. The van der Waals surface area contributed by atoms with Crippen molar-refractivity contribution < 1.29 is 44.4 Å². The van der Waals surface area contributed by atoms with E-state index in [1.807, 2.05) is 16.1 Å². The average Bonchev–Trinajstić information content (AvgIpc) is 2.54. The predicted octanol–water partition coefficient (Wildman–Crippen LogP) is -4.57. The fraction of sp³-hybridized carbons (Fsp3) is 0.583. The van der Waals surface area contributed by atoms with Gasteiger partial charge < -0.3 is 36.8 Å². The molecule has 0 aromatic heterocycles. The number of urea groups is 1. The van der Waals surface area contributed by atoms with Gasteiger partial charge in [-0.1, -0.05) is 0 Å². The molecule has 0 bridgehead atoms. The summed E-state index contributed by atoms with van der Waals surface area (Å²) < 4.78 is 0. The lowest BCUT2D eigenvalue weighted by Gasteiger charge is -2.21. The van der Waals surface area contributed by atoms with Gasteiger partial charge in [0.1, 0.15) is 12.1 Å². The van der Waals surface area contributed by atoms with Crippen LogP contribution in [0.15, 0.2) is 0 Å². The lowest BCUT2D eigenvalue weighted by atomic mass is 10.2. The minimum Gasteiger partial charge on any atom is -0.481 e. The van der Waals surface area contributed by atoms with E-state index in [4.69, 9.17) is 21.1 Å². The third-order valence-electron chi connectivity index (χ3n) is 2.88. The normalized spacial score (nSPS) is 14.9. The number of aliphatic hydroxyl groups is 2. The Morgan fingerprint density at radius 2 is 1.54 bits per heavy atom. The number of hydrazine groups is 1. The first-order valence-electron chi connectivity index (χ1n) is 7.15. The maximum Gasteiger partial charge on any atom is 0.328 e. The van der Waals surface area contributed by atoms with E-state index < -0.39 is 67.0 Å². The Labute approximate surface area is 146 Å². The number of nitrogens with two attached hydrogens (primary N) is 1. The van der Waals surface area contributed by atoms with Crippen LogP contribution < -0.4 is 27.2 Å². The van der Waals surface area contributed by atoms with Crippen LogP contribution in [-0.4, -0.2) is 81.0 Å². The lowest BCUT2D eigenvalue weighted by Crippen LogP contribution is -2.59. The average molecular weight is 379 g/mol. The van der Waals surface area contributed by atoms with Gasteiger partial charge in [-0.15, -0.1) is 0 Å². The van der Waals surface area contributed by atoms with Crippen molar-refractivity contribution in [3.63, 3.8) is 0 Å². The van der Waals surface area contributed by atoms with Crippen LogP contribution in [0, 0.1) is 0 Å². The highest BCUT2D eigenvalue weighted by atomic mass is 16.4. The molecule has 4 atom stereocenters. The van der Waals surface area contributed by atoms with Gasteiger partial charge >= 0.3 is 18.0 Å². The standard InChI is InChI=1S/C12H21N5O9/c1-4(19)8(11(24)25)15-12(26)14-6(2-7(20)21)10(23)17-16-9(22)5(13)3-18/h4-6,8,18-19H,2-3,13H2,1H3,(H,16,22)(H,17,23)(H,20,21)(H,24,25)(H2,14,15,26)/t4?,5-,6-,8-/m0/s1. The molecule has 0 rings (SSSR count). The Balaban J connectivity index is 4.90. The van der Waals surface area contributed by atoms with Crippen molar-refractivity contribution >= 4 is 29.8 Å². The summed E-state index contributed by atoms with van der Waals surface area (Å²) in [5.41, 5.74) is 8.81. The number of hydrogen-bond donors (Lipinski definition) is 9. The Hall–Kier alpha value is -2.97. The van der Waals surface area contributed by atoms with Gasteiger partial charge in [-0.25, -0.2) is 9.59 Å². The van der Waals surface area contributed by atoms with E-state index in [1.165, 1.54) is 0 Å². The van der Waals surface area contributed by atoms with Crippen molar-refractivity contribution in [2.24, 2.45) is 5.73 Å². The number of rotatable bonds is 9. The minimum absolute atomic E-state index is 0.711. The smallest absolute Gasteiger partial charge is 0.328 e. The lowest BCUT2D eigenvalue weighted by molar-refractivity contribution is -0.142.